The molecule has 0 aliphatic carbocycles. The molecule has 32 heavy (non-hydrogen) atoms. The molecule has 1 N–H and O–H groups in total. The zero-order chi connectivity index (χ0) is 22.7. The number of hydrogen-bond acceptors (Lipinski definition) is 6. The minimum atomic E-state index is -0.518. The summed E-state index contributed by atoms with van der Waals surface area (Å²) in [5, 5.41) is 19.0. The van der Waals surface area contributed by atoms with Gasteiger partial charge in [-0.15, -0.1) is 5.10 Å². The Morgan fingerprint density at radius 2 is 1.75 bits per heavy atom. The Kier molecular flexibility index (Phi) is 5.96. The van der Waals surface area contributed by atoms with Gasteiger partial charge in [0.2, 0.25) is 5.95 Å². The fourth-order valence-corrected chi connectivity index (χ4v) is 3.26. The minimum Gasteiger partial charge on any atom is -0.350 e. The summed E-state index contributed by atoms with van der Waals surface area (Å²) in [5.74, 6) is 0.151. The van der Waals surface area contributed by atoms with Gasteiger partial charge in [0, 0.05) is 34.8 Å². The molecule has 1 heterocycles. The summed E-state index contributed by atoms with van der Waals surface area (Å²) in [6, 6.07) is 20.3. The first-order valence-electron chi connectivity index (χ1n) is 9.73. The van der Waals surface area contributed by atoms with Gasteiger partial charge < -0.3 is 5.32 Å². The number of nitro benzene ring substituents is 1. The van der Waals surface area contributed by atoms with Gasteiger partial charge in [-0.2, -0.15) is 9.67 Å². The number of nitrogens with one attached hydrogen (secondary N) is 1. The number of aryl methyl sites for hydroxylation is 1. The van der Waals surface area contributed by atoms with Crippen LogP contribution in [0.2, 0.25) is 5.02 Å². The van der Waals surface area contributed by atoms with Crippen LogP contribution >= 0.6 is 11.6 Å². The van der Waals surface area contributed by atoms with E-state index in [0.717, 1.165) is 21.4 Å². The lowest BCUT2D eigenvalue weighted by molar-refractivity contribution is -0.384. The Morgan fingerprint density at radius 3 is 2.41 bits per heavy atom. The zero-order valence-electron chi connectivity index (χ0n) is 17.0. The Morgan fingerprint density at radius 1 is 1.06 bits per heavy atom. The van der Waals surface area contributed by atoms with Crippen molar-refractivity contribution >= 4 is 29.1 Å². The molecule has 9 heteroatoms. The van der Waals surface area contributed by atoms with E-state index in [1.54, 1.807) is 6.07 Å². The number of anilines is 1. The highest BCUT2D eigenvalue weighted by Crippen LogP contribution is 2.22. The number of non-ortho nitro benzene ring substituents is 1. The Balaban J connectivity index is 1.69. The number of nitro groups is 1. The van der Waals surface area contributed by atoms with Crippen molar-refractivity contribution in [3.05, 3.63) is 105 Å². The molecule has 0 aliphatic heterocycles. The number of carbonyl (C=O) groups excluding carboxylic acids is 1. The van der Waals surface area contributed by atoms with Crippen LogP contribution in [0.25, 0.3) is 11.4 Å². The Hall–Kier alpha value is -4.04. The summed E-state index contributed by atoms with van der Waals surface area (Å²) in [4.78, 5) is 28.1. The number of hydrogen-bond donors (Lipinski definition) is 1. The van der Waals surface area contributed by atoms with Crippen LogP contribution in [0.15, 0.2) is 72.8 Å². The molecule has 0 spiro atoms. The highest BCUT2D eigenvalue weighted by molar-refractivity contribution is 6.31. The summed E-state index contributed by atoms with van der Waals surface area (Å²) < 4.78 is 1.16. The molecule has 0 bridgehead atoms. The number of nitrogens with zero attached hydrogens (tertiary/aromatic N) is 4. The normalized spacial score (nSPS) is 10.7. The van der Waals surface area contributed by atoms with Crippen LogP contribution in [0.4, 0.5) is 11.6 Å². The van der Waals surface area contributed by atoms with E-state index in [1.165, 1.54) is 24.3 Å². The van der Waals surface area contributed by atoms with Crippen molar-refractivity contribution in [1.82, 2.24) is 14.8 Å². The molecule has 0 radical (unpaired) electrons. The third kappa shape index (κ3) is 4.50. The van der Waals surface area contributed by atoms with Gasteiger partial charge in [-0.1, -0.05) is 59.6 Å². The van der Waals surface area contributed by atoms with Gasteiger partial charge >= 0.3 is 0 Å². The lowest BCUT2D eigenvalue weighted by atomic mass is 10.1. The van der Waals surface area contributed by atoms with Crippen molar-refractivity contribution < 1.29 is 9.72 Å². The van der Waals surface area contributed by atoms with Gasteiger partial charge in [0.15, 0.2) is 5.82 Å². The quantitative estimate of drug-likeness (QED) is 0.325. The van der Waals surface area contributed by atoms with Crippen LogP contribution < -0.4 is 5.32 Å². The lowest BCUT2D eigenvalue weighted by Crippen LogP contribution is -2.17. The molecule has 4 aromatic rings. The average molecular weight is 448 g/mol. The van der Waals surface area contributed by atoms with E-state index in [4.69, 9.17) is 11.6 Å². The van der Waals surface area contributed by atoms with E-state index in [-0.39, 0.29) is 17.2 Å². The zero-order valence-corrected chi connectivity index (χ0v) is 17.8. The van der Waals surface area contributed by atoms with Gasteiger partial charge in [-0.3, -0.25) is 14.9 Å². The van der Waals surface area contributed by atoms with E-state index in [1.807, 2.05) is 49.4 Å². The minimum absolute atomic E-state index is 0.0995. The fraction of sp³-hybridized carbons (Fsp3) is 0.0870. The molecule has 0 saturated heterocycles. The number of rotatable bonds is 6. The monoisotopic (exact) mass is 447 g/mol. The van der Waals surface area contributed by atoms with E-state index in [9.17, 15) is 14.9 Å². The van der Waals surface area contributed by atoms with Gasteiger partial charge in [-0.05, 0) is 30.7 Å². The number of halogens is 1. The van der Waals surface area contributed by atoms with Gasteiger partial charge in [-0.25, -0.2) is 0 Å². The molecule has 4 rings (SSSR count). The number of carbonyl (C=O) groups is 1. The van der Waals surface area contributed by atoms with Gasteiger partial charge in [0.05, 0.1) is 4.92 Å². The fourth-order valence-electron chi connectivity index (χ4n) is 3.06. The summed E-state index contributed by atoms with van der Waals surface area (Å²) in [7, 11) is 0. The van der Waals surface area contributed by atoms with E-state index >= 15 is 0 Å². The highest BCUT2D eigenvalue weighted by Gasteiger charge is 2.20. The summed E-state index contributed by atoms with van der Waals surface area (Å²) >= 11 is 6.24. The maximum absolute atomic E-state index is 13.1. The molecule has 0 unspecified atom stereocenters. The summed E-state index contributed by atoms with van der Waals surface area (Å²) in [5.41, 5.74) is 2.83. The molecule has 0 aliphatic rings. The van der Waals surface area contributed by atoms with Crippen LogP contribution in [-0.2, 0) is 6.54 Å². The lowest BCUT2D eigenvalue weighted by Gasteiger charge is -2.08. The second kappa shape index (κ2) is 8.99. The summed E-state index contributed by atoms with van der Waals surface area (Å²) in [6.07, 6.45) is 0. The van der Waals surface area contributed by atoms with Crippen molar-refractivity contribution in [3.63, 3.8) is 0 Å². The number of aromatic nitrogens is 3. The molecule has 0 amide bonds. The third-order valence-electron chi connectivity index (χ3n) is 4.83. The van der Waals surface area contributed by atoms with Crippen LogP contribution in [0.3, 0.4) is 0 Å². The van der Waals surface area contributed by atoms with Crippen LogP contribution in [0.1, 0.15) is 21.5 Å². The molecule has 3 aromatic carbocycles. The smallest absolute Gasteiger partial charge is 0.281 e. The van der Waals surface area contributed by atoms with Crippen molar-refractivity contribution in [2.45, 2.75) is 13.5 Å². The molecule has 0 fully saturated rings. The predicted molar refractivity (Wildman–Crippen MR) is 122 cm³/mol. The standard InChI is InChI=1S/C23H18ClN5O3/c1-15-6-8-16(9-7-15)21-26-23(25-14-18-4-2-3-5-20(18)24)28(27-21)22(30)17-10-12-19(13-11-17)29(31)32/h2-13H,14H2,1H3,(H,25,26,27). The van der Waals surface area contributed by atoms with E-state index in [2.05, 4.69) is 15.4 Å². The molecule has 0 saturated carbocycles. The maximum Gasteiger partial charge on any atom is 0.281 e. The van der Waals surface area contributed by atoms with Crippen molar-refractivity contribution in [2.24, 2.45) is 0 Å². The molecular formula is C23H18ClN5O3. The molecular weight excluding hydrogens is 430 g/mol. The second-order valence-electron chi connectivity index (χ2n) is 7.09. The van der Waals surface area contributed by atoms with Crippen molar-refractivity contribution in [2.75, 3.05) is 5.32 Å². The van der Waals surface area contributed by atoms with Crippen molar-refractivity contribution in [3.8, 4) is 11.4 Å². The van der Waals surface area contributed by atoms with Crippen molar-refractivity contribution in [1.29, 1.82) is 0 Å². The largest absolute Gasteiger partial charge is 0.350 e. The topological polar surface area (TPSA) is 103 Å². The maximum atomic E-state index is 13.1. The SMILES string of the molecule is Cc1ccc(-c2nc(NCc3ccccc3Cl)n(C(=O)c3ccc([N+](=O)[O-])cc3)n2)cc1. The second-order valence-corrected chi connectivity index (χ2v) is 7.50. The predicted octanol–water partition coefficient (Wildman–Crippen LogP) is 5.12. The Labute approximate surface area is 188 Å². The van der Waals surface area contributed by atoms with Crippen LogP contribution in [0, 0.1) is 17.0 Å². The average Bonchev–Trinajstić information content (AvgIpc) is 3.23. The Bertz CT molecular complexity index is 1280. The first kappa shape index (κ1) is 21.2. The molecule has 8 nitrogen and oxygen atoms in total. The van der Waals surface area contributed by atoms with Crippen LogP contribution in [-0.4, -0.2) is 25.6 Å². The highest BCUT2D eigenvalue weighted by atomic mass is 35.5. The van der Waals surface area contributed by atoms with Gasteiger partial charge in [0.25, 0.3) is 11.6 Å². The molecule has 1 aromatic heterocycles. The molecule has 160 valence electrons. The third-order valence-corrected chi connectivity index (χ3v) is 5.20. The molecule has 0 atom stereocenters. The first-order valence-corrected chi connectivity index (χ1v) is 10.1. The van der Waals surface area contributed by atoms with Crippen LogP contribution in [0.5, 0.6) is 0 Å². The summed E-state index contributed by atoms with van der Waals surface area (Å²) in [6.45, 7) is 2.31. The van der Waals surface area contributed by atoms with E-state index < -0.39 is 10.8 Å². The van der Waals surface area contributed by atoms with Gasteiger partial charge in [0.1, 0.15) is 0 Å². The first-order chi connectivity index (χ1) is 15.4. The number of benzene rings is 3. The van der Waals surface area contributed by atoms with E-state index in [0.29, 0.717) is 17.4 Å².